The van der Waals surface area contributed by atoms with E-state index in [0.717, 1.165) is 14.0 Å². The first-order valence-corrected chi connectivity index (χ1v) is 6.97. The summed E-state index contributed by atoms with van der Waals surface area (Å²) in [5.41, 5.74) is 6.38. The molecule has 0 spiro atoms. The Morgan fingerprint density at radius 1 is 1.54 bits per heavy atom. The summed E-state index contributed by atoms with van der Waals surface area (Å²) in [5, 5.41) is 44.5. The summed E-state index contributed by atoms with van der Waals surface area (Å²) in [5.74, 6) is -1.70. The Hall–Kier alpha value is -1.95. The van der Waals surface area contributed by atoms with Gasteiger partial charge in [0.05, 0.1) is 25.9 Å². The molecule has 136 valence electrons. The van der Waals surface area contributed by atoms with Gasteiger partial charge < -0.3 is 35.2 Å². The van der Waals surface area contributed by atoms with Gasteiger partial charge in [0.1, 0.15) is 18.3 Å². The third-order valence-corrected chi connectivity index (χ3v) is 3.58. The van der Waals surface area contributed by atoms with Crippen LogP contribution in [-0.4, -0.2) is 82.2 Å². The van der Waals surface area contributed by atoms with Crippen molar-refractivity contribution in [1.29, 1.82) is 0 Å². The number of carbonyl (C=O) groups excluding carboxylic acids is 2. The van der Waals surface area contributed by atoms with E-state index in [4.69, 9.17) is 15.4 Å². The number of nitrogens with one attached hydrogen (secondary N) is 1. The molecule has 5 N–H and O–H groups in total. The van der Waals surface area contributed by atoms with Crippen molar-refractivity contribution in [2.75, 3.05) is 13.7 Å². The molecule has 1 saturated heterocycles. The number of azide groups is 1. The lowest BCUT2D eigenvalue weighted by Gasteiger charge is -2.45. The van der Waals surface area contributed by atoms with Gasteiger partial charge in [0.2, 0.25) is 11.6 Å². The predicted molar refractivity (Wildman–Crippen MR) is 76.1 cm³/mol. The number of esters is 1. The lowest BCUT2D eigenvalue weighted by atomic mass is 9.87. The van der Waals surface area contributed by atoms with Gasteiger partial charge >= 0.3 is 5.97 Å². The topological polar surface area (TPSA) is 194 Å². The van der Waals surface area contributed by atoms with Gasteiger partial charge in [-0.2, -0.15) is 0 Å². The minimum atomic E-state index is -2.29. The van der Waals surface area contributed by atoms with Crippen LogP contribution in [0.5, 0.6) is 0 Å². The molecular weight excluding hydrogens is 328 g/mol. The molecule has 1 aliphatic heterocycles. The molecule has 24 heavy (non-hydrogen) atoms. The molecule has 12 heteroatoms. The van der Waals surface area contributed by atoms with Crippen molar-refractivity contribution in [3.63, 3.8) is 0 Å². The lowest BCUT2D eigenvalue weighted by molar-refractivity contribution is -0.229. The zero-order valence-corrected chi connectivity index (χ0v) is 13.1. The molecule has 0 bridgehead atoms. The second-order valence-corrected chi connectivity index (χ2v) is 5.29. The fourth-order valence-electron chi connectivity index (χ4n) is 2.47. The van der Waals surface area contributed by atoms with Gasteiger partial charge in [-0.3, -0.25) is 4.79 Å². The third kappa shape index (κ3) is 4.12. The maximum absolute atomic E-state index is 12.0. The molecule has 0 aromatic heterocycles. The van der Waals surface area contributed by atoms with Crippen LogP contribution in [0.25, 0.3) is 10.4 Å². The molecule has 1 rings (SSSR count). The van der Waals surface area contributed by atoms with Crippen LogP contribution < -0.4 is 5.32 Å². The van der Waals surface area contributed by atoms with Gasteiger partial charge in [0.15, 0.2) is 0 Å². The van der Waals surface area contributed by atoms with Crippen LogP contribution in [0.3, 0.4) is 0 Å². The number of ether oxygens (including phenoxy) is 2. The minimum absolute atomic E-state index is 0.548. The zero-order valence-electron chi connectivity index (χ0n) is 13.1. The van der Waals surface area contributed by atoms with Crippen LogP contribution in [0.15, 0.2) is 5.11 Å². The molecule has 0 aliphatic carbocycles. The zero-order chi connectivity index (χ0) is 18.5. The summed E-state index contributed by atoms with van der Waals surface area (Å²) in [7, 11) is 1.00. The van der Waals surface area contributed by atoms with Gasteiger partial charge in [-0.25, -0.2) is 4.79 Å². The molecule has 12 nitrogen and oxygen atoms in total. The number of rotatable bonds is 6. The lowest BCUT2D eigenvalue weighted by Crippen LogP contribution is -2.66. The number of carbonyl (C=O) groups is 2. The fraction of sp³-hybridized carbons (Fsp3) is 0.833. The van der Waals surface area contributed by atoms with Gasteiger partial charge in [0.25, 0.3) is 0 Å². The van der Waals surface area contributed by atoms with Crippen molar-refractivity contribution >= 4 is 11.9 Å². The van der Waals surface area contributed by atoms with Crippen LogP contribution in [-0.2, 0) is 19.1 Å². The third-order valence-electron chi connectivity index (χ3n) is 3.58. The second-order valence-electron chi connectivity index (χ2n) is 5.29. The average Bonchev–Trinajstić information content (AvgIpc) is 2.54. The van der Waals surface area contributed by atoms with Crippen LogP contribution in [0.2, 0.25) is 0 Å². The first-order chi connectivity index (χ1) is 11.2. The van der Waals surface area contributed by atoms with Crippen molar-refractivity contribution in [3.8, 4) is 0 Å². The summed E-state index contributed by atoms with van der Waals surface area (Å²) < 4.78 is 9.85. The monoisotopic (exact) mass is 348 g/mol. The summed E-state index contributed by atoms with van der Waals surface area (Å²) in [6, 6.07) is -1.23. The van der Waals surface area contributed by atoms with Crippen molar-refractivity contribution in [3.05, 3.63) is 10.4 Å². The van der Waals surface area contributed by atoms with Crippen LogP contribution in [0.1, 0.15) is 13.3 Å². The number of hydrogen-bond acceptors (Lipinski definition) is 9. The minimum Gasteiger partial charge on any atom is -0.467 e. The predicted octanol–water partition coefficient (Wildman–Crippen LogP) is -2.47. The first kappa shape index (κ1) is 20.1. The number of aliphatic hydroxyl groups excluding tert-OH is 4. The van der Waals surface area contributed by atoms with Crippen LogP contribution in [0, 0.1) is 0 Å². The Morgan fingerprint density at radius 2 is 2.17 bits per heavy atom. The van der Waals surface area contributed by atoms with Crippen molar-refractivity contribution in [1.82, 2.24) is 5.32 Å². The largest absolute Gasteiger partial charge is 0.467 e. The van der Waals surface area contributed by atoms with E-state index in [0.29, 0.717) is 0 Å². The molecule has 1 aliphatic rings. The molecule has 1 amide bonds. The highest BCUT2D eigenvalue weighted by Gasteiger charge is 2.54. The SMILES string of the molecule is COC(=O)C1(N=[N+]=[N-])CC(O)C(NC(C)=O)C(C(O)C(O)CO)O1. The van der Waals surface area contributed by atoms with Crippen LogP contribution in [0.4, 0.5) is 0 Å². The number of amides is 1. The summed E-state index contributed by atoms with van der Waals surface area (Å²) in [6.45, 7) is 0.297. The molecule has 6 atom stereocenters. The quantitative estimate of drug-likeness (QED) is 0.151. The van der Waals surface area contributed by atoms with E-state index in [1.165, 1.54) is 0 Å². The van der Waals surface area contributed by atoms with Crippen molar-refractivity contribution in [2.45, 2.75) is 49.5 Å². The highest BCUT2D eigenvalue weighted by atomic mass is 16.6. The fourth-order valence-corrected chi connectivity index (χ4v) is 2.47. The number of methoxy groups -OCH3 is 1. The van der Waals surface area contributed by atoms with Gasteiger partial charge in [-0.05, 0) is 10.6 Å². The van der Waals surface area contributed by atoms with Gasteiger partial charge in [-0.15, -0.1) is 0 Å². The molecule has 6 unspecified atom stereocenters. The van der Waals surface area contributed by atoms with E-state index in [-0.39, 0.29) is 0 Å². The Morgan fingerprint density at radius 3 is 2.62 bits per heavy atom. The maximum atomic E-state index is 12.0. The molecule has 0 aromatic carbocycles. The normalized spacial score (nSPS) is 32.2. The Labute approximate surface area is 136 Å². The standard InChI is InChI=1S/C12H20N4O8/c1-5(18)14-8-6(19)3-12(15-16-13,11(22)23-2)24-10(8)9(21)7(20)4-17/h6-10,17,19-21H,3-4H2,1-2H3,(H,14,18). The Bertz CT molecular complexity index is 525. The summed E-state index contributed by atoms with van der Waals surface area (Å²) in [6.07, 6.45) is -7.09. The second kappa shape index (κ2) is 8.24. The van der Waals surface area contributed by atoms with E-state index in [9.17, 15) is 24.9 Å². The molecule has 0 aromatic rings. The Balaban J connectivity index is 3.29. The number of nitrogens with zero attached hydrogens (tertiary/aromatic N) is 3. The maximum Gasteiger partial charge on any atom is 0.344 e. The highest BCUT2D eigenvalue weighted by molar-refractivity contribution is 5.79. The van der Waals surface area contributed by atoms with Gasteiger partial charge in [-0.1, -0.05) is 0 Å². The molecule has 1 heterocycles. The smallest absolute Gasteiger partial charge is 0.344 e. The van der Waals surface area contributed by atoms with Crippen molar-refractivity contribution < 1.29 is 39.5 Å². The number of hydrogen-bond donors (Lipinski definition) is 5. The van der Waals surface area contributed by atoms with Crippen molar-refractivity contribution in [2.24, 2.45) is 5.11 Å². The number of aliphatic hydroxyl groups is 4. The van der Waals surface area contributed by atoms with E-state index in [2.05, 4.69) is 20.1 Å². The highest BCUT2D eigenvalue weighted by Crippen LogP contribution is 2.34. The molecular formula is C12H20N4O8. The van der Waals surface area contributed by atoms with E-state index >= 15 is 0 Å². The first-order valence-electron chi connectivity index (χ1n) is 6.97. The average molecular weight is 348 g/mol. The summed E-state index contributed by atoms with van der Waals surface area (Å²) >= 11 is 0. The van der Waals surface area contributed by atoms with E-state index in [1.54, 1.807) is 0 Å². The van der Waals surface area contributed by atoms with E-state index in [1.807, 2.05) is 0 Å². The Kier molecular flexibility index (Phi) is 6.90. The molecule has 0 saturated carbocycles. The summed E-state index contributed by atoms with van der Waals surface area (Å²) in [4.78, 5) is 25.7. The van der Waals surface area contributed by atoms with Crippen LogP contribution >= 0.6 is 0 Å². The molecule has 1 fully saturated rings. The van der Waals surface area contributed by atoms with Gasteiger partial charge in [0, 0.05) is 18.3 Å². The molecule has 0 radical (unpaired) electrons. The van der Waals surface area contributed by atoms with E-state index < -0.39 is 61.1 Å².